The van der Waals surface area contributed by atoms with Gasteiger partial charge >= 0.3 is 0 Å². The predicted molar refractivity (Wildman–Crippen MR) is 94.2 cm³/mol. The number of pyridine rings is 2. The number of aromatic nitrogens is 2. The predicted octanol–water partition coefficient (Wildman–Crippen LogP) is 3.85. The molecule has 4 heteroatoms. The number of benzene rings is 1. The van der Waals surface area contributed by atoms with Gasteiger partial charge in [0.25, 0.3) is 0 Å². The van der Waals surface area contributed by atoms with Crippen LogP contribution in [0.2, 0.25) is 0 Å². The van der Waals surface area contributed by atoms with Gasteiger partial charge in [0, 0.05) is 10.9 Å². The normalized spacial score (nSPS) is 10.7. The standard InChI is InChI=1S/C19H19N3O/c1-11-6-5-7-14(10-11)16-9-8-15-18(22-16)13(3)21-17(12(2)20)19(15)23-4/h5-10H,2,20H2,1,3-4H3. The molecule has 2 heterocycles. The van der Waals surface area contributed by atoms with Crippen molar-refractivity contribution < 1.29 is 4.74 Å². The fraction of sp³-hybridized carbons (Fsp3) is 0.158. The van der Waals surface area contributed by atoms with Crippen molar-refractivity contribution in [3.63, 3.8) is 0 Å². The van der Waals surface area contributed by atoms with E-state index in [1.165, 1.54) is 5.56 Å². The first kappa shape index (κ1) is 15.0. The van der Waals surface area contributed by atoms with E-state index in [1.807, 2.05) is 25.1 Å². The average molecular weight is 305 g/mol. The number of hydrogen-bond acceptors (Lipinski definition) is 4. The smallest absolute Gasteiger partial charge is 0.156 e. The summed E-state index contributed by atoms with van der Waals surface area (Å²) < 4.78 is 5.50. The highest BCUT2D eigenvalue weighted by atomic mass is 16.5. The minimum Gasteiger partial charge on any atom is -0.494 e. The minimum atomic E-state index is 0.384. The number of fused-ring (bicyclic) bond motifs is 1. The first-order chi connectivity index (χ1) is 11.0. The molecule has 0 aliphatic carbocycles. The van der Waals surface area contributed by atoms with Crippen molar-refractivity contribution in [2.45, 2.75) is 13.8 Å². The van der Waals surface area contributed by atoms with Crippen LogP contribution in [0.3, 0.4) is 0 Å². The summed E-state index contributed by atoms with van der Waals surface area (Å²) in [6, 6.07) is 12.3. The highest BCUT2D eigenvalue weighted by Gasteiger charge is 2.15. The lowest BCUT2D eigenvalue weighted by molar-refractivity contribution is 0.416. The lowest BCUT2D eigenvalue weighted by atomic mass is 10.1. The summed E-state index contributed by atoms with van der Waals surface area (Å²) in [5, 5.41) is 0.887. The molecule has 4 nitrogen and oxygen atoms in total. The van der Waals surface area contributed by atoms with Crippen LogP contribution in [-0.4, -0.2) is 17.1 Å². The fourth-order valence-corrected chi connectivity index (χ4v) is 2.71. The van der Waals surface area contributed by atoms with Gasteiger partial charge in [-0.1, -0.05) is 30.3 Å². The number of methoxy groups -OCH3 is 1. The Morgan fingerprint density at radius 2 is 1.91 bits per heavy atom. The molecule has 0 radical (unpaired) electrons. The molecule has 116 valence electrons. The van der Waals surface area contributed by atoms with E-state index in [9.17, 15) is 0 Å². The summed E-state index contributed by atoms with van der Waals surface area (Å²) >= 11 is 0. The zero-order valence-corrected chi connectivity index (χ0v) is 13.6. The van der Waals surface area contributed by atoms with Crippen LogP contribution in [-0.2, 0) is 0 Å². The molecule has 3 aromatic rings. The molecule has 2 N–H and O–H groups in total. The fourth-order valence-electron chi connectivity index (χ4n) is 2.71. The van der Waals surface area contributed by atoms with E-state index in [4.69, 9.17) is 15.5 Å². The molecule has 0 saturated heterocycles. The van der Waals surface area contributed by atoms with Gasteiger partial charge in [0.15, 0.2) is 5.75 Å². The maximum absolute atomic E-state index is 5.83. The van der Waals surface area contributed by atoms with Crippen LogP contribution in [0.4, 0.5) is 0 Å². The maximum atomic E-state index is 5.83. The third-order valence-electron chi connectivity index (χ3n) is 3.80. The minimum absolute atomic E-state index is 0.384. The Balaban J connectivity index is 2.27. The molecular formula is C19H19N3O. The zero-order chi connectivity index (χ0) is 16.6. The van der Waals surface area contributed by atoms with Gasteiger partial charge in [0.05, 0.1) is 29.7 Å². The largest absolute Gasteiger partial charge is 0.494 e. The molecule has 1 aromatic carbocycles. The van der Waals surface area contributed by atoms with Gasteiger partial charge in [0.2, 0.25) is 0 Å². The van der Waals surface area contributed by atoms with E-state index in [0.29, 0.717) is 17.1 Å². The van der Waals surface area contributed by atoms with Gasteiger partial charge in [-0.3, -0.25) is 0 Å². The third-order valence-corrected chi connectivity index (χ3v) is 3.80. The van der Waals surface area contributed by atoms with Gasteiger partial charge in [-0.05, 0) is 32.0 Å². The molecule has 0 aliphatic heterocycles. The van der Waals surface area contributed by atoms with E-state index in [-0.39, 0.29) is 0 Å². The Labute approximate surface area is 135 Å². The van der Waals surface area contributed by atoms with Crippen LogP contribution < -0.4 is 10.5 Å². The van der Waals surface area contributed by atoms with Crippen LogP contribution in [0.15, 0.2) is 43.0 Å². The Morgan fingerprint density at radius 3 is 2.57 bits per heavy atom. The van der Waals surface area contributed by atoms with E-state index < -0.39 is 0 Å². The SMILES string of the molecule is C=C(N)c1nc(C)c2nc(-c3cccc(C)c3)ccc2c1OC. The molecular weight excluding hydrogens is 286 g/mol. The summed E-state index contributed by atoms with van der Waals surface area (Å²) in [4.78, 5) is 9.29. The topological polar surface area (TPSA) is 61.0 Å². The second-order valence-electron chi connectivity index (χ2n) is 5.57. The summed E-state index contributed by atoms with van der Waals surface area (Å²) in [5.74, 6) is 0.612. The molecule has 2 aromatic heterocycles. The molecule has 0 unspecified atom stereocenters. The lowest BCUT2D eigenvalue weighted by Gasteiger charge is -2.13. The summed E-state index contributed by atoms with van der Waals surface area (Å²) in [5.41, 5.74) is 11.6. The second kappa shape index (κ2) is 5.72. The van der Waals surface area contributed by atoms with E-state index >= 15 is 0 Å². The van der Waals surface area contributed by atoms with E-state index in [2.05, 4.69) is 36.7 Å². The highest BCUT2D eigenvalue weighted by Crippen LogP contribution is 2.33. The number of hydrogen-bond donors (Lipinski definition) is 1. The third kappa shape index (κ3) is 2.63. The number of ether oxygens (including phenoxy) is 1. The maximum Gasteiger partial charge on any atom is 0.156 e. The van der Waals surface area contributed by atoms with Crippen molar-refractivity contribution in [2.75, 3.05) is 7.11 Å². The van der Waals surface area contributed by atoms with Crippen LogP contribution in [0.1, 0.15) is 17.0 Å². The number of nitrogens with two attached hydrogens (primary N) is 1. The molecule has 0 atom stereocenters. The molecule has 0 spiro atoms. The lowest BCUT2D eigenvalue weighted by Crippen LogP contribution is -2.04. The van der Waals surface area contributed by atoms with Crippen molar-refractivity contribution in [1.29, 1.82) is 0 Å². The average Bonchev–Trinajstić information content (AvgIpc) is 2.54. The quantitative estimate of drug-likeness (QED) is 0.798. The summed E-state index contributed by atoms with van der Waals surface area (Å²) in [6.07, 6.45) is 0. The molecule has 0 amide bonds. The molecule has 0 saturated carbocycles. The number of aryl methyl sites for hydroxylation is 2. The number of nitrogens with zero attached hydrogens (tertiary/aromatic N) is 2. The molecule has 0 bridgehead atoms. The highest BCUT2D eigenvalue weighted by molar-refractivity contribution is 5.92. The van der Waals surface area contributed by atoms with Crippen molar-refractivity contribution in [1.82, 2.24) is 9.97 Å². The van der Waals surface area contributed by atoms with E-state index in [0.717, 1.165) is 27.9 Å². The van der Waals surface area contributed by atoms with Crippen LogP contribution in [0.5, 0.6) is 5.75 Å². The van der Waals surface area contributed by atoms with Crippen LogP contribution in [0.25, 0.3) is 27.9 Å². The Kier molecular flexibility index (Phi) is 3.74. The Hall–Kier alpha value is -2.88. The van der Waals surface area contributed by atoms with Crippen molar-refractivity contribution in [3.05, 3.63) is 59.9 Å². The van der Waals surface area contributed by atoms with E-state index in [1.54, 1.807) is 7.11 Å². The van der Waals surface area contributed by atoms with Crippen LogP contribution >= 0.6 is 0 Å². The molecule has 0 aliphatic rings. The number of rotatable bonds is 3. The van der Waals surface area contributed by atoms with Gasteiger partial charge < -0.3 is 10.5 Å². The second-order valence-corrected chi connectivity index (χ2v) is 5.57. The first-order valence-corrected chi connectivity index (χ1v) is 7.38. The van der Waals surface area contributed by atoms with Crippen molar-refractivity contribution in [2.24, 2.45) is 5.73 Å². The van der Waals surface area contributed by atoms with Gasteiger partial charge in [-0.25, -0.2) is 9.97 Å². The molecule has 3 rings (SSSR count). The van der Waals surface area contributed by atoms with Crippen LogP contribution in [0, 0.1) is 13.8 Å². The zero-order valence-electron chi connectivity index (χ0n) is 13.6. The molecule has 23 heavy (non-hydrogen) atoms. The van der Waals surface area contributed by atoms with Crippen molar-refractivity contribution in [3.8, 4) is 17.0 Å². The monoisotopic (exact) mass is 305 g/mol. The van der Waals surface area contributed by atoms with Gasteiger partial charge in [-0.15, -0.1) is 0 Å². The molecule has 0 fully saturated rings. The first-order valence-electron chi connectivity index (χ1n) is 7.38. The van der Waals surface area contributed by atoms with Crippen molar-refractivity contribution >= 4 is 16.6 Å². The summed E-state index contributed by atoms with van der Waals surface area (Å²) in [6.45, 7) is 7.76. The Bertz CT molecular complexity index is 916. The Morgan fingerprint density at radius 1 is 1.13 bits per heavy atom. The van der Waals surface area contributed by atoms with Gasteiger partial charge in [0.1, 0.15) is 5.69 Å². The van der Waals surface area contributed by atoms with Gasteiger partial charge in [-0.2, -0.15) is 0 Å². The summed E-state index contributed by atoms with van der Waals surface area (Å²) in [7, 11) is 1.60.